The quantitative estimate of drug-likeness (QED) is 0.884. The van der Waals surface area contributed by atoms with Crippen molar-refractivity contribution in [1.29, 1.82) is 0 Å². The summed E-state index contributed by atoms with van der Waals surface area (Å²) in [6, 6.07) is 2.76. The average Bonchev–Trinajstić information content (AvgIpc) is 2.43. The van der Waals surface area contributed by atoms with Crippen LogP contribution in [0, 0.1) is 11.6 Å². The second-order valence-corrected chi connectivity index (χ2v) is 5.37. The molecule has 1 saturated heterocycles. The molecule has 0 saturated carbocycles. The molecule has 98 valence electrons. The van der Waals surface area contributed by atoms with Gasteiger partial charge in [-0.2, -0.15) is 11.8 Å². The predicted octanol–water partition coefficient (Wildman–Crippen LogP) is 1.37. The Balaban J connectivity index is 2.13. The average molecular weight is 272 g/mol. The van der Waals surface area contributed by atoms with Crippen molar-refractivity contribution in [3.05, 3.63) is 35.4 Å². The molecule has 3 nitrogen and oxygen atoms in total. The first-order valence-corrected chi connectivity index (χ1v) is 6.79. The number of nitrogens with two attached hydrogens (primary N) is 1. The highest BCUT2D eigenvalue weighted by molar-refractivity contribution is 7.99. The van der Waals surface area contributed by atoms with Crippen molar-refractivity contribution in [2.45, 2.75) is 12.6 Å². The molecule has 2 rings (SSSR count). The van der Waals surface area contributed by atoms with E-state index >= 15 is 0 Å². The smallest absolute Gasteiger partial charge is 0.240 e. The zero-order valence-corrected chi connectivity index (χ0v) is 10.6. The van der Waals surface area contributed by atoms with E-state index in [1.807, 2.05) is 0 Å². The summed E-state index contributed by atoms with van der Waals surface area (Å²) < 4.78 is 26.1. The Morgan fingerprint density at radius 1 is 1.33 bits per heavy atom. The van der Waals surface area contributed by atoms with E-state index in [1.54, 1.807) is 16.7 Å². The molecule has 1 atom stereocenters. The monoisotopic (exact) mass is 272 g/mol. The molecule has 0 radical (unpaired) electrons. The number of halogens is 2. The van der Waals surface area contributed by atoms with Crippen LogP contribution < -0.4 is 5.73 Å². The summed E-state index contributed by atoms with van der Waals surface area (Å²) >= 11 is 1.61. The van der Waals surface area contributed by atoms with E-state index in [0.717, 1.165) is 11.8 Å². The number of hydrogen-bond donors (Lipinski definition) is 1. The lowest BCUT2D eigenvalue weighted by atomic mass is 10.2. The first-order valence-electron chi connectivity index (χ1n) is 5.63. The molecule has 1 aliphatic rings. The minimum absolute atomic E-state index is 0.162. The van der Waals surface area contributed by atoms with Crippen LogP contribution in [0.25, 0.3) is 0 Å². The molecule has 1 amide bonds. The van der Waals surface area contributed by atoms with Gasteiger partial charge in [-0.1, -0.05) is 0 Å². The highest BCUT2D eigenvalue weighted by atomic mass is 32.2. The number of benzene rings is 1. The van der Waals surface area contributed by atoms with Crippen molar-refractivity contribution in [3.8, 4) is 0 Å². The van der Waals surface area contributed by atoms with Crippen molar-refractivity contribution in [3.63, 3.8) is 0 Å². The standard InChI is InChI=1S/C12H14F2N2OS/c13-9-3-8(4-10(14)5-9)6-16-1-2-18-7-11(15)12(16)17/h3-5,11H,1-2,6-7,15H2. The van der Waals surface area contributed by atoms with Gasteiger partial charge in [0.05, 0.1) is 6.04 Å². The summed E-state index contributed by atoms with van der Waals surface area (Å²) in [6.07, 6.45) is 0. The molecule has 2 N–H and O–H groups in total. The maximum absolute atomic E-state index is 13.1. The highest BCUT2D eigenvalue weighted by Crippen LogP contribution is 2.15. The molecule has 6 heteroatoms. The molecule has 1 aromatic carbocycles. The summed E-state index contributed by atoms with van der Waals surface area (Å²) in [5.41, 5.74) is 6.17. The Bertz CT molecular complexity index is 435. The van der Waals surface area contributed by atoms with Crippen LogP contribution in [0.3, 0.4) is 0 Å². The third-order valence-electron chi connectivity index (χ3n) is 2.73. The molecule has 0 bridgehead atoms. The minimum Gasteiger partial charge on any atom is -0.336 e. The summed E-state index contributed by atoms with van der Waals surface area (Å²) in [5, 5.41) is 0. The van der Waals surface area contributed by atoms with Gasteiger partial charge in [0.15, 0.2) is 0 Å². The first-order chi connectivity index (χ1) is 8.56. The summed E-state index contributed by atoms with van der Waals surface area (Å²) in [7, 11) is 0. The molecule has 0 aliphatic carbocycles. The van der Waals surface area contributed by atoms with Crippen LogP contribution in [0.1, 0.15) is 5.56 Å². The molecule has 1 aliphatic heterocycles. The molecular formula is C12H14F2N2OS. The van der Waals surface area contributed by atoms with E-state index < -0.39 is 17.7 Å². The van der Waals surface area contributed by atoms with E-state index in [0.29, 0.717) is 17.9 Å². The Morgan fingerprint density at radius 3 is 2.67 bits per heavy atom. The van der Waals surface area contributed by atoms with Crippen molar-refractivity contribution >= 4 is 17.7 Å². The van der Waals surface area contributed by atoms with Crippen molar-refractivity contribution in [2.75, 3.05) is 18.1 Å². The van der Waals surface area contributed by atoms with Crippen LogP contribution in [0.5, 0.6) is 0 Å². The number of carbonyl (C=O) groups excluding carboxylic acids is 1. The fourth-order valence-corrected chi connectivity index (χ4v) is 2.79. The summed E-state index contributed by atoms with van der Waals surface area (Å²) in [4.78, 5) is 13.5. The molecule has 1 unspecified atom stereocenters. The van der Waals surface area contributed by atoms with Crippen molar-refractivity contribution in [1.82, 2.24) is 4.90 Å². The van der Waals surface area contributed by atoms with E-state index in [2.05, 4.69) is 0 Å². The Kier molecular flexibility index (Phi) is 4.19. The van der Waals surface area contributed by atoms with Crippen LogP contribution in [0.2, 0.25) is 0 Å². The van der Waals surface area contributed by atoms with Crippen molar-refractivity contribution < 1.29 is 13.6 Å². The number of rotatable bonds is 2. The predicted molar refractivity (Wildman–Crippen MR) is 67.1 cm³/mol. The minimum atomic E-state index is -0.633. The van der Waals surface area contributed by atoms with Gasteiger partial charge in [0.2, 0.25) is 5.91 Å². The summed E-state index contributed by atoms with van der Waals surface area (Å²) in [6.45, 7) is 0.747. The zero-order chi connectivity index (χ0) is 13.1. The Hall–Kier alpha value is -1.14. The molecule has 1 aromatic rings. The van der Waals surface area contributed by atoms with Crippen LogP contribution in [-0.2, 0) is 11.3 Å². The largest absolute Gasteiger partial charge is 0.336 e. The normalized spacial score (nSPS) is 20.9. The first kappa shape index (κ1) is 13.3. The molecule has 0 spiro atoms. The van der Waals surface area contributed by atoms with Gasteiger partial charge in [-0.15, -0.1) is 0 Å². The Labute approximate surface area is 108 Å². The topological polar surface area (TPSA) is 46.3 Å². The van der Waals surface area contributed by atoms with Gasteiger partial charge in [-0.3, -0.25) is 4.79 Å². The third-order valence-corrected chi connectivity index (χ3v) is 3.79. The van der Waals surface area contributed by atoms with Gasteiger partial charge in [-0.05, 0) is 17.7 Å². The lowest BCUT2D eigenvalue weighted by Crippen LogP contribution is -2.43. The van der Waals surface area contributed by atoms with Crippen LogP contribution >= 0.6 is 11.8 Å². The van der Waals surface area contributed by atoms with Crippen LogP contribution in [-0.4, -0.2) is 34.9 Å². The van der Waals surface area contributed by atoms with E-state index in [4.69, 9.17) is 5.73 Å². The molecule has 0 aromatic heterocycles. The third kappa shape index (κ3) is 3.20. The van der Waals surface area contributed by atoms with Gasteiger partial charge in [-0.25, -0.2) is 8.78 Å². The number of thioether (sulfide) groups is 1. The number of hydrogen-bond acceptors (Lipinski definition) is 3. The molecular weight excluding hydrogens is 258 g/mol. The van der Waals surface area contributed by atoms with Gasteiger partial charge in [0, 0.05) is 30.7 Å². The SMILES string of the molecule is NC1CSCCN(Cc2cc(F)cc(F)c2)C1=O. The fourth-order valence-electron chi connectivity index (χ4n) is 1.88. The van der Waals surface area contributed by atoms with Gasteiger partial charge in [0.25, 0.3) is 0 Å². The second kappa shape index (κ2) is 5.67. The summed E-state index contributed by atoms with van der Waals surface area (Å²) in [5.74, 6) is -0.0501. The number of amides is 1. The van der Waals surface area contributed by atoms with Crippen molar-refractivity contribution in [2.24, 2.45) is 5.73 Å². The van der Waals surface area contributed by atoms with Gasteiger partial charge in [0.1, 0.15) is 11.6 Å². The van der Waals surface area contributed by atoms with E-state index in [1.165, 1.54) is 12.1 Å². The molecule has 18 heavy (non-hydrogen) atoms. The van der Waals surface area contributed by atoms with E-state index in [-0.39, 0.29) is 12.5 Å². The number of carbonyl (C=O) groups is 1. The van der Waals surface area contributed by atoms with Crippen LogP contribution in [0.15, 0.2) is 18.2 Å². The van der Waals surface area contributed by atoms with Crippen LogP contribution in [0.4, 0.5) is 8.78 Å². The molecule has 1 fully saturated rings. The molecule has 1 heterocycles. The number of nitrogens with zero attached hydrogens (tertiary/aromatic N) is 1. The highest BCUT2D eigenvalue weighted by Gasteiger charge is 2.24. The van der Waals surface area contributed by atoms with Gasteiger partial charge < -0.3 is 10.6 Å². The fraction of sp³-hybridized carbons (Fsp3) is 0.417. The van der Waals surface area contributed by atoms with E-state index in [9.17, 15) is 13.6 Å². The maximum Gasteiger partial charge on any atom is 0.240 e. The zero-order valence-electron chi connectivity index (χ0n) is 9.73. The second-order valence-electron chi connectivity index (χ2n) is 4.22. The Morgan fingerprint density at radius 2 is 2.00 bits per heavy atom. The maximum atomic E-state index is 13.1. The lowest BCUT2D eigenvalue weighted by molar-refractivity contribution is -0.132. The lowest BCUT2D eigenvalue weighted by Gasteiger charge is -2.22. The van der Waals surface area contributed by atoms with Gasteiger partial charge >= 0.3 is 0 Å².